The maximum absolute atomic E-state index is 3.63. The van der Waals surface area contributed by atoms with Crippen molar-refractivity contribution in [3.8, 4) is 0 Å². The highest BCUT2D eigenvalue weighted by Gasteiger charge is 2.28. The first-order valence-electron chi connectivity index (χ1n) is 8.45. The van der Waals surface area contributed by atoms with Crippen LogP contribution in [0.15, 0.2) is 30.3 Å². The highest BCUT2D eigenvalue weighted by atomic mass is 15.1. The summed E-state index contributed by atoms with van der Waals surface area (Å²) in [7, 11) is 2.26. The van der Waals surface area contributed by atoms with Gasteiger partial charge >= 0.3 is 0 Å². The second kappa shape index (κ2) is 9.22. The topological polar surface area (TPSA) is 15.3 Å². The van der Waals surface area contributed by atoms with E-state index >= 15 is 0 Å². The van der Waals surface area contributed by atoms with Gasteiger partial charge in [0.25, 0.3) is 0 Å². The first-order chi connectivity index (χ1) is 9.98. The molecule has 0 aromatic heterocycles. The first kappa shape index (κ1) is 18.2. The monoisotopic (exact) mass is 290 g/mol. The lowest BCUT2D eigenvalue weighted by molar-refractivity contribution is 0.242. The quantitative estimate of drug-likeness (QED) is 0.654. The summed E-state index contributed by atoms with van der Waals surface area (Å²) in [5.74, 6) is 0. The summed E-state index contributed by atoms with van der Waals surface area (Å²) in [4.78, 5) is 2.49. The van der Waals surface area contributed by atoms with Crippen LogP contribution in [0, 0.1) is 0 Å². The molecule has 1 N–H and O–H groups in total. The molecule has 1 atom stereocenters. The fourth-order valence-electron chi connectivity index (χ4n) is 2.83. The van der Waals surface area contributed by atoms with E-state index in [0.29, 0.717) is 6.04 Å². The van der Waals surface area contributed by atoms with Gasteiger partial charge in [-0.3, -0.25) is 0 Å². The van der Waals surface area contributed by atoms with Crippen LogP contribution in [0.4, 0.5) is 0 Å². The summed E-state index contributed by atoms with van der Waals surface area (Å²) in [6.07, 6.45) is 3.92. The van der Waals surface area contributed by atoms with Crippen molar-refractivity contribution >= 4 is 0 Å². The van der Waals surface area contributed by atoms with E-state index in [1.807, 2.05) is 0 Å². The second-order valence-corrected chi connectivity index (χ2v) is 6.91. The van der Waals surface area contributed by atoms with Gasteiger partial charge in [0, 0.05) is 24.5 Å². The number of hydrogen-bond acceptors (Lipinski definition) is 2. The summed E-state index contributed by atoms with van der Waals surface area (Å²) in [6, 6.07) is 11.5. The van der Waals surface area contributed by atoms with Gasteiger partial charge in [-0.15, -0.1) is 0 Å². The Labute approximate surface area is 131 Å². The van der Waals surface area contributed by atoms with Gasteiger partial charge in [-0.1, -0.05) is 70.9 Å². The Morgan fingerprint density at radius 1 is 1.14 bits per heavy atom. The highest BCUT2D eigenvalue weighted by molar-refractivity contribution is 5.25. The van der Waals surface area contributed by atoms with Crippen molar-refractivity contribution < 1.29 is 0 Å². The van der Waals surface area contributed by atoms with Gasteiger partial charge in [0.15, 0.2) is 0 Å². The van der Waals surface area contributed by atoms with Crippen molar-refractivity contribution in [1.29, 1.82) is 0 Å². The molecule has 0 radical (unpaired) electrons. The van der Waals surface area contributed by atoms with Gasteiger partial charge in [0.05, 0.1) is 0 Å². The summed E-state index contributed by atoms with van der Waals surface area (Å²) in [5.41, 5.74) is 1.59. The Morgan fingerprint density at radius 3 is 2.38 bits per heavy atom. The second-order valence-electron chi connectivity index (χ2n) is 6.91. The molecule has 0 fully saturated rings. The van der Waals surface area contributed by atoms with Crippen LogP contribution in [0.1, 0.15) is 52.5 Å². The molecule has 0 aliphatic carbocycles. The molecule has 0 saturated heterocycles. The Hall–Kier alpha value is -0.860. The summed E-state index contributed by atoms with van der Waals surface area (Å²) in [6.45, 7) is 12.4. The minimum Gasteiger partial charge on any atom is -0.314 e. The van der Waals surface area contributed by atoms with Crippen molar-refractivity contribution in [2.75, 3.05) is 26.7 Å². The smallest absolute Gasteiger partial charge is 0.0177 e. The zero-order valence-electron chi connectivity index (χ0n) is 14.7. The van der Waals surface area contributed by atoms with Gasteiger partial charge in [-0.2, -0.15) is 0 Å². The average molecular weight is 290 g/mol. The summed E-state index contributed by atoms with van der Waals surface area (Å²) >= 11 is 0. The number of rotatable bonds is 10. The van der Waals surface area contributed by atoms with E-state index in [2.05, 4.69) is 75.3 Å². The predicted octanol–water partition coefficient (Wildman–Crippen LogP) is 4.06. The molecule has 0 amide bonds. The van der Waals surface area contributed by atoms with Gasteiger partial charge < -0.3 is 10.2 Å². The van der Waals surface area contributed by atoms with Crippen LogP contribution in [-0.4, -0.2) is 37.6 Å². The molecule has 0 spiro atoms. The van der Waals surface area contributed by atoms with E-state index in [1.165, 1.54) is 31.4 Å². The number of unbranched alkanes of at least 4 members (excludes halogenated alkanes) is 2. The lowest BCUT2D eigenvalue weighted by Crippen LogP contribution is -2.46. The van der Waals surface area contributed by atoms with Gasteiger partial charge in [0.2, 0.25) is 0 Å². The van der Waals surface area contributed by atoms with Crippen molar-refractivity contribution in [1.82, 2.24) is 10.2 Å². The Morgan fingerprint density at radius 2 is 1.81 bits per heavy atom. The van der Waals surface area contributed by atoms with Crippen LogP contribution in [0.25, 0.3) is 0 Å². The molecule has 0 aliphatic heterocycles. The number of hydrogen-bond donors (Lipinski definition) is 1. The SMILES string of the molecule is CCCCCN(C)CC(C)(CNC(C)C)c1ccccc1. The van der Waals surface area contributed by atoms with Crippen molar-refractivity contribution in [2.24, 2.45) is 0 Å². The standard InChI is InChI=1S/C19H34N2/c1-6-7-11-14-21(5)16-19(4,15-20-17(2)3)18-12-9-8-10-13-18/h8-10,12-13,17,20H,6-7,11,14-16H2,1-5H3. The minimum atomic E-state index is 0.159. The number of likely N-dealkylation sites (N-methyl/N-ethyl adjacent to an activating group) is 1. The highest BCUT2D eigenvalue weighted by Crippen LogP contribution is 2.24. The molecule has 1 rings (SSSR count). The van der Waals surface area contributed by atoms with Crippen LogP contribution in [-0.2, 0) is 5.41 Å². The van der Waals surface area contributed by atoms with Crippen LogP contribution in [0.2, 0.25) is 0 Å². The Kier molecular flexibility index (Phi) is 7.98. The molecule has 0 bridgehead atoms. The molecule has 120 valence electrons. The molecule has 2 nitrogen and oxygen atoms in total. The molecule has 0 heterocycles. The zero-order valence-corrected chi connectivity index (χ0v) is 14.7. The fourth-order valence-corrected chi connectivity index (χ4v) is 2.83. The minimum absolute atomic E-state index is 0.159. The van der Waals surface area contributed by atoms with Crippen molar-refractivity contribution in [2.45, 2.75) is 58.4 Å². The van der Waals surface area contributed by atoms with Gasteiger partial charge in [0.1, 0.15) is 0 Å². The molecule has 0 saturated carbocycles. The lowest BCUT2D eigenvalue weighted by Gasteiger charge is -2.35. The maximum atomic E-state index is 3.63. The van der Waals surface area contributed by atoms with E-state index in [1.54, 1.807) is 0 Å². The molecular weight excluding hydrogens is 256 g/mol. The lowest BCUT2D eigenvalue weighted by atomic mass is 9.81. The third-order valence-electron chi connectivity index (χ3n) is 4.13. The van der Waals surface area contributed by atoms with Gasteiger partial charge in [-0.25, -0.2) is 0 Å². The Balaban J connectivity index is 2.72. The molecule has 1 unspecified atom stereocenters. The number of nitrogens with zero attached hydrogens (tertiary/aromatic N) is 1. The Bertz CT molecular complexity index is 374. The predicted molar refractivity (Wildman–Crippen MR) is 94.0 cm³/mol. The van der Waals surface area contributed by atoms with Crippen LogP contribution in [0.5, 0.6) is 0 Å². The van der Waals surface area contributed by atoms with Crippen LogP contribution < -0.4 is 5.32 Å². The third-order valence-corrected chi connectivity index (χ3v) is 4.13. The van der Waals surface area contributed by atoms with Gasteiger partial charge in [-0.05, 0) is 25.6 Å². The summed E-state index contributed by atoms with van der Waals surface area (Å²) in [5, 5.41) is 3.63. The zero-order chi connectivity index (χ0) is 15.7. The molecule has 0 aliphatic rings. The van der Waals surface area contributed by atoms with Crippen molar-refractivity contribution in [3.05, 3.63) is 35.9 Å². The van der Waals surface area contributed by atoms with E-state index in [0.717, 1.165) is 13.1 Å². The normalized spacial score (nSPS) is 14.6. The van der Waals surface area contributed by atoms with Crippen LogP contribution >= 0.6 is 0 Å². The number of nitrogens with one attached hydrogen (secondary N) is 1. The van der Waals surface area contributed by atoms with E-state index in [9.17, 15) is 0 Å². The first-order valence-corrected chi connectivity index (χ1v) is 8.45. The van der Waals surface area contributed by atoms with E-state index < -0.39 is 0 Å². The number of benzene rings is 1. The fraction of sp³-hybridized carbons (Fsp3) is 0.684. The molecule has 21 heavy (non-hydrogen) atoms. The molecular formula is C19H34N2. The van der Waals surface area contributed by atoms with Crippen molar-refractivity contribution in [3.63, 3.8) is 0 Å². The van der Waals surface area contributed by atoms with E-state index in [4.69, 9.17) is 0 Å². The molecule has 1 aromatic carbocycles. The largest absolute Gasteiger partial charge is 0.314 e. The maximum Gasteiger partial charge on any atom is 0.0177 e. The summed E-state index contributed by atoms with van der Waals surface area (Å²) < 4.78 is 0. The van der Waals surface area contributed by atoms with E-state index in [-0.39, 0.29) is 5.41 Å². The average Bonchev–Trinajstić information content (AvgIpc) is 2.46. The molecule has 2 heteroatoms. The van der Waals surface area contributed by atoms with Crippen LogP contribution in [0.3, 0.4) is 0 Å². The third kappa shape index (κ3) is 6.62. The molecule has 1 aromatic rings.